The molecule has 0 fully saturated rings. The molecule has 0 bridgehead atoms. The predicted molar refractivity (Wildman–Crippen MR) is 106 cm³/mol. The average molecular weight is 340 g/mol. The molecule has 3 nitrogen and oxygen atoms in total. The molecule has 128 valence electrons. The van der Waals surface area contributed by atoms with Gasteiger partial charge in [0.05, 0.1) is 17.3 Å². The number of hydrogen-bond acceptors (Lipinski definition) is 2. The molecule has 0 aliphatic rings. The normalized spacial score (nSPS) is 11.1. The summed E-state index contributed by atoms with van der Waals surface area (Å²) in [6.45, 7) is 6.53. The largest absolute Gasteiger partial charge is 0.261 e. The Bertz CT molecular complexity index is 1120. The Balaban J connectivity index is 1.98. The van der Waals surface area contributed by atoms with Crippen LogP contribution in [0.2, 0.25) is 0 Å². The molecule has 0 saturated carbocycles. The van der Waals surface area contributed by atoms with E-state index >= 15 is 0 Å². The molecule has 0 aliphatic carbocycles. The Morgan fingerprint density at radius 1 is 0.885 bits per heavy atom. The fourth-order valence-corrected chi connectivity index (χ4v) is 3.66. The fourth-order valence-electron chi connectivity index (χ4n) is 3.66. The molecule has 26 heavy (non-hydrogen) atoms. The molecule has 0 N–H and O–H groups in total. The molecular weight excluding hydrogens is 318 g/mol. The first-order valence-electron chi connectivity index (χ1n) is 8.82. The summed E-state index contributed by atoms with van der Waals surface area (Å²) in [5.41, 5.74) is 9.64. The third-order valence-corrected chi connectivity index (χ3v) is 5.14. The molecule has 3 heteroatoms. The van der Waals surface area contributed by atoms with Crippen LogP contribution >= 0.6 is 0 Å². The van der Waals surface area contributed by atoms with Crippen LogP contribution in [0.25, 0.3) is 33.4 Å². The van der Waals surface area contributed by atoms with Crippen molar-refractivity contribution in [3.8, 4) is 22.5 Å². The van der Waals surface area contributed by atoms with Crippen LogP contribution in [0.4, 0.5) is 0 Å². The maximum Gasteiger partial charge on any atom is 0.213 e. The minimum atomic E-state index is 0.897. The van der Waals surface area contributed by atoms with Crippen molar-refractivity contribution < 1.29 is 4.57 Å². The first kappa shape index (κ1) is 16.4. The summed E-state index contributed by atoms with van der Waals surface area (Å²) in [5.74, 6) is 0. The van der Waals surface area contributed by atoms with E-state index in [1.54, 1.807) is 12.4 Å². The lowest BCUT2D eigenvalue weighted by Crippen LogP contribution is -2.32. The zero-order valence-corrected chi connectivity index (χ0v) is 15.6. The Kier molecular flexibility index (Phi) is 4.00. The summed E-state index contributed by atoms with van der Waals surface area (Å²) in [5, 5.41) is 1.18. The lowest BCUT2D eigenvalue weighted by Gasteiger charge is -2.11. The Labute approximate surface area is 154 Å². The number of nitrogens with zero attached hydrogens (tertiary/aromatic N) is 3. The smallest absolute Gasteiger partial charge is 0.213 e. The minimum absolute atomic E-state index is 0.897. The first-order valence-corrected chi connectivity index (χ1v) is 8.82. The highest BCUT2D eigenvalue weighted by Crippen LogP contribution is 2.29. The summed E-state index contributed by atoms with van der Waals surface area (Å²) in [6, 6.07) is 15.3. The molecule has 2 aromatic carbocycles. The van der Waals surface area contributed by atoms with Gasteiger partial charge in [0.15, 0.2) is 0 Å². The third-order valence-electron chi connectivity index (χ3n) is 5.14. The second-order valence-corrected chi connectivity index (χ2v) is 6.86. The number of aromatic nitrogens is 3. The van der Waals surface area contributed by atoms with Gasteiger partial charge in [0.1, 0.15) is 7.05 Å². The van der Waals surface area contributed by atoms with Gasteiger partial charge in [-0.25, -0.2) is 0 Å². The highest BCUT2D eigenvalue weighted by atomic mass is 14.9. The van der Waals surface area contributed by atoms with Crippen molar-refractivity contribution in [2.24, 2.45) is 7.05 Å². The van der Waals surface area contributed by atoms with Crippen LogP contribution in [0, 0.1) is 20.8 Å². The van der Waals surface area contributed by atoms with Crippen molar-refractivity contribution in [2.75, 3.05) is 0 Å². The van der Waals surface area contributed by atoms with E-state index in [-0.39, 0.29) is 0 Å². The van der Waals surface area contributed by atoms with E-state index < -0.39 is 0 Å². The topological polar surface area (TPSA) is 29.7 Å². The van der Waals surface area contributed by atoms with Gasteiger partial charge in [-0.2, -0.15) is 4.57 Å². The monoisotopic (exact) mass is 340 g/mol. The summed E-state index contributed by atoms with van der Waals surface area (Å²) >= 11 is 0. The highest BCUT2D eigenvalue weighted by Gasteiger charge is 2.19. The Morgan fingerprint density at radius 3 is 2.50 bits per heavy atom. The van der Waals surface area contributed by atoms with Crippen molar-refractivity contribution in [3.05, 3.63) is 77.7 Å². The zero-order valence-electron chi connectivity index (χ0n) is 15.6. The molecule has 4 aromatic rings. The lowest BCUT2D eigenvalue weighted by atomic mass is 9.96. The van der Waals surface area contributed by atoms with Gasteiger partial charge in [-0.05, 0) is 44.0 Å². The fraction of sp³-hybridized carbons (Fsp3) is 0.174. The van der Waals surface area contributed by atoms with Crippen molar-refractivity contribution in [3.63, 3.8) is 0 Å². The molecule has 2 heterocycles. The molecule has 0 amide bonds. The Hall–Kier alpha value is -3.07. The van der Waals surface area contributed by atoms with Gasteiger partial charge in [-0.3, -0.25) is 9.97 Å². The molecule has 2 aromatic heterocycles. The van der Waals surface area contributed by atoms with E-state index in [1.807, 2.05) is 6.20 Å². The number of hydrogen-bond donors (Lipinski definition) is 0. The maximum absolute atomic E-state index is 4.47. The van der Waals surface area contributed by atoms with E-state index in [9.17, 15) is 0 Å². The van der Waals surface area contributed by atoms with Gasteiger partial charge in [0.2, 0.25) is 11.2 Å². The molecule has 0 spiro atoms. The van der Waals surface area contributed by atoms with Crippen molar-refractivity contribution >= 4 is 10.9 Å². The van der Waals surface area contributed by atoms with Gasteiger partial charge < -0.3 is 0 Å². The van der Waals surface area contributed by atoms with Crippen LogP contribution in [-0.2, 0) is 7.05 Å². The van der Waals surface area contributed by atoms with Crippen LogP contribution in [0.1, 0.15) is 16.7 Å². The van der Waals surface area contributed by atoms with Crippen LogP contribution in [0.5, 0.6) is 0 Å². The molecular formula is C23H22N3+. The van der Waals surface area contributed by atoms with Crippen LogP contribution in [0.15, 0.2) is 61.1 Å². The van der Waals surface area contributed by atoms with Crippen molar-refractivity contribution in [2.45, 2.75) is 20.8 Å². The Morgan fingerprint density at radius 2 is 1.73 bits per heavy atom. The van der Waals surface area contributed by atoms with Crippen LogP contribution < -0.4 is 4.57 Å². The molecule has 0 unspecified atom stereocenters. The lowest BCUT2D eigenvalue weighted by molar-refractivity contribution is -0.633. The van der Waals surface area contributed by atoms with Gasteiger partial charge in [0, 0.05) is 35.7 Å². The van der Waals surface area contributed by atoms with E-state index in [0.717, 1.165) is 11.3 Å². The van der Waals surface area contributed by atoms with Crippen molar-refractivity contribution in [1.29, 1.82) is 0 Å². The maximum atomic E-state index is 4.47. The number of benzene rings is 2. The third kappa shape index (κ3) is 2.66. The SMILES string of the molecule is Cc1cc(C)c(C)c(-c2ccc3c(-c4cnccn4)cccc3[n+]2C)c1. The molecule has 0 aliphatic heterocycles. The second kappa shape index (κ2) is 6.34. The first-order chi connectivity index (χ1) is 12.6. The van der Waals surface area contributed by atoms with E-state index in [4.69, 9.17) is 0 Å². The van der Waals surface area contributed by atoms with Gasteiger partial charge in [0.25, 0.3) is 0 Å². The van der Waals surface area contributed by atoms with Crippen molar-refractivity contribution in [1.82, 2.24) is 9.97 Å². The molecule has 0 atom stereocenters. The number of fused-ring (bicyclic) bond motifs is 1. The highest BCUT2D eigenvalue weighted by molar-refractivity contribution is 5.92. The number of rotatable bonds is 2. The molecule has 4 rings (SSSR count). The van der Waals surface area contributed by atoms with Gasteiger partial charge in [-0.1, -0.05) is 23.8 Å². The number of aryl methyl sites for hydroxylation is 3. The van der Waals surface area contributed by atoms with E-state index in [0.29, 0.717) is 0 Å². The second-order valence-electron chi connectivity index (χ2n) is 6.86. The van der Waals surface area contributed by atoms with Gasteiger partial charge >= 0.3 is 0 Å². The quantitative estimate of drug-likeness (QED) is 0.495. The standard InChI is InChI=1S/C23H22N3/c1-15-12-16(2)17(3)20(13-15)23-9-8-19-18(21-14-24-10-11-25-21)6-5-7-22(19)26(23)4/h5-14H,1-4H3/q+1. The zero-order chi connectivity index (χ0) is 18.3. The summed E-state index contributed by atoms with van der Waals surface area (Å²) < 4.78 is 2.27. The van der Waals surface area contributed by atoms with Crippen LogP contribution in [-0.4, -0.2) is 9.97 Å². The van der Waals surface area contributed by atoms with E-state index in [1.165, 1.54) is 38.9 Å². The summed E-state index contributed by atoms with van der Waals surface area (Å²) in [6.07, 6.45) is 5.26. The summed E-state index contributed by atoms with van der Waals surface area (Å²) in [4.78, 5) is 8.69. The average Bonchev–Trinajstić information content (AvgIpc) is 2.66. The molecule has 0 radical (unpaired) electrons. The predicted octanol–water partition coefficient (Wildman–Crippen LogP) is 4.71. The minimum Gasteiger partial charge on any atom is -0.261 e. The molecule has 0 saturated heterocycles. The van der Waals surface area contributed by atoms with E-state index in [2.05, 4.69) is 84.8 Å². The van der Waals surface area contributed by atoms with Crippen LogP contribution in [0.3, 0.4) is 0 Å². The summed E-state index contributed by atoms with van der Waals surface area (Å²) in [7, 11) is 2.13. The van der Waals surface area contributed by atoms with Gasteiger partial charge in [-0.15, -0.1) is 0 Å². The number of pyridine rings is 1.